The van der Waals surface area contributed by atoms with E-state index in [9.17, 15) is 9.59 Å². The van der Waals surface area contributed by atoms with Gasteiger partial charge in [0.05, 0.1) is 28.0 Å². The fourth-order valence-corrected chi connectivity index (χ4v) is 5.66. The fraction of sp³-hybridized carbons (Fsp3) is 0.286. The van der Waals surface area contributed by atoms with Crippen LogP contribution in [-0.2, 0) is 13.0 Å². The summed E-state index contributed by atoms with van der Waals surface area (Å²) in [7, 11) is 0. The minimum absolute atomic E-state index is 0.0419. The van der Waals surface area contributed by atoms with Crippen LogP contribution >= 0.6 is 34.5 Å². The van der Waals surface area contributed by atoms with E-state index < -0.39 is 0 Å². The number of carbonyl (C=O) groups is 1. The molecule has 0 saturated heterocycles. The summed E-state index contributed by atoms with van der Waals surface area (Å²) in [6, 6.07) is 12.5. The highest BCUT2D eigenvalue weighted by Gasteiger charge is 2.32. The molecule has 196 valence electrons. The zero-order valence-corrected chi connectivity index (χ0v) is 23.8. The van der Waals surface area contributed by atoms with Crippen LogP contribution in [0.1, 0.15) is 48.1 Å². The van der Waals surface area contributed by atoms with Crippen LogP contribution in [-0.4, -0.2) is 37.4 Å². The van der Waals surface area contributed by atoms with Gasteiger partial charge in [0.15, 0.2) is 0 Å². The number of benzene rings is 2. The predicted octanol–water partition coefficient (Wildman–Crippen LogP) is 6.38. The van der Waals surface area contributed by atoms with Crippen molar-refractivity contribution in [2.24, 2.45) is 0 Å². The summed E-state index contributed by atoms with van der Waals surface area (Å²) in [6.07, 6.45) is 0.395. The van der Waals surface area contributed by atoms with Crippen molar-refractivity contribution in [1.29, 1.82) is 0 Å². The van der Waals surface area contributed by atoms with Gasteiger partial charge in [0.2, 0.25) is 5.95 Å². The maximum absolute atomic E-state index is 13.9. The molecule has 3 heterocycles. The second-order valence-electron chi connectivity index (χ2n) is 9.76. The largest absolute Gasteiger partial charge is 0.353 e. The molecule has 5 rings (SSSR count). The van der Waals surface area contributed by atoms with Gasteiger partial charge in [0.1, 0.15) is 5.01 Å². The molecule has 1 amide bonds. The molecule has 0 radical (unpaired) electrons. The van der Waals surface area contributed by atoms with Gasteiger partial charge in [-0.1, -0.05) is 23.2 Å². The van der Waals surface area contributed by atoms with E-state index in [1.54, 1.807) is 39.0 Å². The van der Waals surface area contributed by atoms with Gasteiger partial charge in [-0.25, -0.2) is 14.5 Å². The maximum atomic E-state index is 13.9. The number of nitrogens with one attached hydrogen (secondary N) is 1. The number of aryl methyl sites for hydroxylation is 1. The van der Waals surface area contributed by atoms with Gasteiger partial charge in [-0.15, -0.1) is 11.3 Å². The Morgan fingerprint density at radius 2 is 1.84 bits per heavy atom. The summed E-state index contributed by atoms with van der Waals surface area (Å²) in [5, 5.41) is 6.98. The zero-order valence-electron chi connectivity index (χ0n) is 21.5. The summed E-state index contributed by atoms with van der Waals surface area (Å²) >= 11 is 13.8. The van der Waals surface area contributed by atoms with E-state index in [0.717, 1.165) is 16.3 Å². The number of thiazole rings is 1. The van der Waals surface area contributed by atoms with Crippen LogP contribution in [0.4, 0.5) is 5.95 Å². The SMILES string of the molecule is Cc1csc(-c2ccc(-n3c(NC(C)C)nc4c(c3=O)C[C@@H](C)N(C(=O)c3ccc(Cl)c(Cl)c3)C4)cc2)n1. The smallest absolute Gasteiger partial charge is 0.263 e. The van der Waals surface area contributed by atoms with Crippen LogP contribution in [0.15, 0.2) is 52.6 Å². The minimum Gasteiger partial charge on any atom is -0.353 e. The number of amides is 1. The van der Waals surface area contributed by atoms with Crippen LogP contribution < -0.4 is 10.9 Å². The first-order valence-electron chi connectivity index (χ1n) is 12.3. The summed E-state index contributed by atoms with van der Waals surface area (Å²) in [5.74, 6) is 0.261. The highest BCUT2D eigenvalue weighted by atomic mass is 35.5. The standard InChI is InChI=1S/C28H27Cl2N5O2S/c1-15(2)31-28-33-24-13-34(26(36)19-7-10-22(29)23(30)12-19)17(4)11-21(24)27(37)35(28)20-8-5-18(6-9-20)25-32-16(3)14-38-25/h5-10,12,14-15,17H,11,13H2,1-4H3,(H,31,33)/t17-/m1/s1. The molecule has 0 bridgehead atoms. The van der Waals surface area contributed by atoms with Crippen molar-refractivity contribution >= 4 is 46.4 Å². The van der Waals surface area contributed by atoms with Crippen molar-refractivity contribution in [3.63, 3.8) is 0 Å². The number of hydrogen-bond donors (Lipinski definition) is 1. The van der Waals surface area contributed by atoms with Gasteiger partial charge >= 0.3 is 0 Å². The van der Waals surface area contributed by atoms with E-state index in [0.29, 0.717) is 44.9 Å². The van der Waals surface area contributed by atoms with Gasteiger partial charge < -0.3 is 10.2 Å². The topological polar surface area (TPSA) is 80.1 Å². The second-order valence-corrected chi connectivity index (χ2v) is 11.4. The van der Waals surface area contributed by atoms with E-state index >= 15 is 0 Å². The Balaban J connectivity index is 1.53. The Bertz CT molecular complexity index is 1580. The first kappa shape index (κ1) is 26.4. The summed E-state index contributed by atoms with van der Waals surface area (Å²) in [4.78, 5) is 38.4. The van der Waals surface area contributed by atoms with Crippen molar-refractivity contribution in [2.45, 2.75) is 52.7 Å². The Morgan fingerprint density at radius 1 is 1.11 bits per heavy atom. The van der Waals surface area contributed by atoms with Crippen molar-refractivity contribution < 1.29 is 4.79 Å². The summed E-state index contributed by atoms with van der Waals surface area (Å²) in [5.41, 5.74) is 4.21. The molecular weight excluding hydrogens is 541 g/mol. The van der Waals surface area contributed by atoms with Crippen molar-refractivity contribution in [2.75, 3.05) is 5.32 Å². The average Bonchev–Trinajstić information content (AvgIpc) is 3.32. The van der Waals surface area contributed by atoms with Crippen molar-refractivity contribution in [3.8, 4) is 16.3 Å². The third-order valence-electron chi connectivity index (χ3n) is 6.45. The van der Waals surface area contributed by atoms with Gasteiger partial charge in [-0.2, -0.15) is 0 Å². The molecule has 0 aliphatic carbocycles. The van der Waals surface area contributed by atoms with Crippen LogP contribution in [0.25, 0.3) is 16.3 Å². The number of fused-ring (bicyclic) bond motifs is 1. The number of halogens is 2. The third kappa shape index (κ3) is 5.08. The Hall–Kier alpha value is -3.20. The number of rotatable bonds is 5. The molecule has 0 saturated carbocycles. The number of hydrogen-bond acceptors (Lipinski definition) is 6. The highest BCUT2D eigenvalue weighted by molar-refractivity contribution is 7.13. The lowest BCUT2D eigenvalue weighted by Crippen LogP contribution is -2.46. The van der Waals surface area contributed by atoms with Gasteiger partial charge in [-0.3, -0.25) is 9.59 Å². The molecule has 0 unspecified atom stereocenters. The van der Waals surface area contributed by atoms with Crippen LogP contribution in [0.5, 0.6) is 0 Å². The van der Waals surface area contributed by atoms with Crippen LogP contribution in [0.2, 0.25) is 10.0 Å². The molecule has 1 N–H and O–H groups in total. The molecule has 4 aromatic rings. The molecule has 2 aromatic carbocycles. The van der Waals surface area contributed by atoms with E-state index in [1.165, 1.54) is 0 Å². The van der Waals surface area contributed by atoms with Gasteiger partial charge in [0, 0.05) is 39.8 Å². The Labute approximate surface area is 235 Å². The molecular formula is C28H27Cl2N5O2S. The minimum atomic E-state index is -0.202. The van der Waals surface area contributed by atoms with Gasteiger partial charge in [-0.05, 0) is 76.6 Å². The molecule has 1 aliphatic heterocycles. The Kier molecular flexibility index (Phi) is 7.31. The second kappa shape index (κ2) is 10.5. The molecule has 1 atom stereocenters. The highest BCUT2D eigenvalue weighted by Crippen LogP contribution is 2.29. The summed E-state index contributed by atoms with van der Waals surface area (Å²) in [6.45, 7) is 8.11. The van der Waals surface area contributed by atoms with E-state index in [4.69, 9.17) is 28.2 Å². The summed E-state index contributed by atoms with van der Waals surface area (Å²) < 4.78 is 1.62. The number of aromatic nitrogens is 3. The first-order chi connectivity index (χ1) is 18.1. The number of anilines is 1. The monoisotopic (exact) mass is 567 g/mol. The lowest BCUT2D eigenvalue weighted by Gasteiger charge is -2.34. The third-order valence-corrected chi connectivity index (χ3v) is 8.20. The first-order valence-corrected chi connectivity index (χ1v) is 14.0. The zero-order chi connectivity index (χ0) is 27.1. The van der Waals surface area contributed by atoms with Gasteiger partial charge in [0.25, 0.3) is 11.5 Å². The lowest BCUT2D eigenvalue weighted by molar-refractivity contribution is 0.0653. The molecule has 10 heteroatoms. The van der Waals surface area contributed by atoms with E-state index in [1.807, 2.05) is 57.3 Å². The molecule has 38 heavy (non-hydrogen) atoms. The maximum Gasteiger partial charge on any atom is 0.263 e. The molecule has 2 aromatic heterocycles. The lowest BCUT2D eigenvalue weighted by atomic mass is 9.98. The predicted molar refractivity (Wildman–Crippen MR) is 154 cm³/mol. The molecule has 0 fully saturated rings. The van der Waals surface area contributed by atoms with Crippen LogP contribution in [0.3, 0.4) is 0 Å². The van der Waals surface area contributed by atoms with Crippen molar-refractivity contribution in [1.82, 2.24) is 19.4 Å². The Morgan fingerprint density at radius 3 is 2.47 bits per heavy atom. The number of carbonyl (C=O) groups excluding carboxylic acids is 1. The molecule has 1 aliphatic rings. The molecule has 7 nitrogen and oxygen atoms in total. The van der Waals surface area contributed by atoms with E-state index in [2.05, 4.69) is 10.3 Å². The van der Waals surface area contributed by atoms with E-state index in [-0.39, 0.29) is 30.1 Å². The molecule has 0 spiro atoms. The number of nitrogens with zero attached hydrogens (tertiary/aromatic N) is 4. The average molecular weight is 569 g/mol. The van der Waals surface area contributed by atoms with Crippen molar-refractivity contribution in [3.05, 3.63) is 90.8 Å². The quantitative estimate of drug-likeness (QED) is 0.302. The fourth-order valence-electron chi connectivity index (χ4n) is 4.56. The normalized spacial score (nSPS) is 15.0. The van der Waals surface area contributed by atoms with Crippen LogP contribution in [0, 0.1) is 6.92 Å².